The van der Waals surface area contributed by atoms with Gasteiger partial charge in [0.2, 0.25) is 0 Å². The molecule has 60 valence electrons. The standard InChI is InChI=1S/C6H13O3P/c1-3-6(10(8)9)5(2)4-7/h5-7H,3-4H2,1-2H3/p+1. The Labute approximate surface area is 61.9 Å². The van der Waals surface area contributed by atoms with Gasteiger partial charge in [-0.2, -0.15) is 4.89 Å². The van der Waals surface area contributed by atoms with Crippen molar-refractivity contribution in [2.75, 3.05) is 6.61 Å². The van der Waals surface area contributed by atoms with Crippen LogP contribution in [0.1, 0.15) is 20.3 Å². The van der Waals surface area contributed by atoms with Crippen LogP contribution in [0.25, 0.3) is 0 Å². The first-order valence-corrected chi connectivity index (χ1v) is 4.67. The molecule has 0 amide bonds. The minimum Gasteiger partial charge on any atom is -0.396 e. The average Bonchev–Trinajstić information content (AvgIpc) is 1.88. The highest BCUT2D eigenvalue weighted by Crippen LogP contribution is 2.30. The molecular formula is C6H14O3P+. The van der Waals surface area contributed by atoms with E-state index in [0.29, 0.717) is 6.42 Å². The topological polar surface area (TPSA) is 57.5 Å². The van der Waals surface area contributed by atoms with Gasteiger partial charge in [0, 0.05) is 5.92 Å². The van der Waals surface area contributed by atoms with Gasteiger partial charge in [-0.15, -0.1) is 0 Å². The molecule has 3 atom stereocenters. The average molecular weight is 165 g/mol. The Hall–Kier alpha value is 0.0200. The summed E-state index contributed by atoms with van der Waals surface area (Å²) in [6.45, 7) is 3.61. The van der Waals surface area contributed by atoms with Gasteiger partial charge < -0.3 is 5.11 Å². The highest BCUT2D eigenvalue weighted by atomic mass is 31.1. The second kappa shape index (κ2) is 4.78. The summed E-state index contributed by atoms with van der Waals surface area (Å²) in [6, 6.07) is 0. The summed E-state index contributed by atoms with van der Waals surface area (Å²) in [7, 11) is -2.12. The fraction of sp³-hybridized carbons (Fsp3) is 1.00. The number of aliphatic hydroxyl groups excluding tert-OH is 1. The van der Waals surface area contributed by atoms with Crippen molar-refractivity contribution < 1.29 is 14.6 Å². The van der Waals surface area contributed by atoms with Crippen molar-refractivity contribution in [3.05, 3.63) is 0 Å². The Morgan fingerprint density at radius 2 is 2.10 bits per heavy atom. The lowest BCUT2D eigenvalue weighted by Crippen LogP contribution is -2.16. The summed E-state index contributed by atoms with van der Waals surface area (Å²) in [5, 5.41) is 8.65. The van der Waals surface area contributed by atoms with E-state index in [-0.39, 0.29) is 18.2 Å². The Kier molecular flexibility index (Phi) is 4.79. The van der Waals surface area contributed by atoms with Crippen LogP contribution in [0.4, 0.5) is 0 Å². The maximum atomic E-state index is 10.6. The molecule has 0 aromatic heterocycles. The summed E-state index contributed by atoms with van der Waals surface area (Å²) < 4.78 is 10.6. The van der Waals surface area contributed by atoms with Crippen molar-refractivity contribution in [2.24, 2.45) is 5.92 Å². The van der Waals surface area contributed by atoms with Crippen LogP contribution in [0, 0.1) is 5.92 Å². The van der Waals surface area contributed by atoms with Crippen LogP contribution in [0.5, 0.6) is 0 Å². The lowest BCUT2D eigenvalue weighted by molar-refractivity contribution is 0.228. The van der Waals surface area contributed by atoms with Gasteiger partial charge >= 0.3 is 8.03 Å². The summed E-state index contributed by atoms with van der Waals surface area (Å²) in [6.07, 6.45) is 0.646. The second-order valence-corrected chi connectivity index (χ2v) is 3.71. The quantitative estimate of drug-likeness (QED) is 0.614. The highest BCUT2D eigenvalue weighted by molar-refractivity contribution is 7.38. The van der Waals surface area contributed by atoms with E-state index in [1.54, 1.807) is 6.92 Å². The molecule has 0 aromatic carbocycles. The van der Waals surface area contributed by atoms with Gasteiger partial charge in [0.05, 0.1) is 6.61 Å². The van der Waals surface area contributed by atoms with Gasteiger partial charge in [0.15, 0.2) is 5.66 Å². The maximum Gasteiger partial charge on any atom is 0.509 e. The van der Waals surface area contributed by atoms with Crippen molar-refractivity contribution in [2.45, 2.75) is 25.9 Å². The first-order valence-electron chi connectivity index (χ1n) is 3.39. The molecule has 0 radical (unpaired) electrons. The molecule has 0 rings (SSSR count). The van der Waals surface area contributed by atoms with Crippen LogP contribution in [-0.4, -0.2) is 22.3 Å². The molecule has 0 aliphatic carbocycles. The molecule has 10 heavy (non-hydrogen) atoms. The summed E-state index contributed by atoms with van der Waals surface area (Å²) >= 11 is 0. The number of hydrogen-bond donors (Lipinski definition) is 2. The fourth-order valence-electron chi connectivity index (χ4n) is 0.898. The van der Waals surface area contributed by atoms with Crippen molar-refractivity contribution in [3.63, 3.8) is 0 Å². The fourth-order valence-corrected chi connectivity index (χ4v) is 1.74. The molecule has 0 aliphatic heterocycles. The van der Waals surface area contributed by atoms with Crippen LogP contribution in [-0.2, 0) is 4.57 Å². The monoisotopic (exact) mass is 165 g/mol. The van der Waals surface area contributed by atoms with E-state index < -0.39 is 8.03 Å². The molecule has 0 aliphatic rings. The van der Waals surface area contributed by atoms with Gasteiger partial charge in [-0.3, -0.25) is 0 Å². The molecule has 3 nitrogen and oxygen atoms in total. The van der Waals surface area contributed by atoms with Gasteiger partial charge in [0.1, 0.15) is 0 Å². The number of hydrogen-bond acceptors (Lipinski definition) is 2. The van der Waals surface area contributed by atoms with E-state index in [1.807, 2.05) is 6.92 Å². The highest BCUT2D eigenvalue weighted by Gasteiger charge is 2.32. The van der Waals surface area contributed by atoms with Gasteiger partial charge in [-0.25, -0.2) is 0 Å². The lowest BCUT2D eigenvalue weighted by atomic mass is 10.1. The first-order chi connectivity index (χ1) is 4.63. The van der Waals surface area contributed by atoms with Crippen molar-refractivity contribution >= 4 is 8.03 Å². The summed E-state index contributed by atoms with van der Waals surface area (Å²) in [4.78, 5) is 8.71. The third-order valence-corrected chi connectivity index (χ3v) is 3.09. The molecule has 0 aromatic rings. The summed E-state index contributed by atoms with van der Waals surface area (Å²) in [5.74, 6) is -0.0707. The van der Waals surface area contributed by atoms with Crippen molar-refractivity contribution in [1.82, 2.24) is 0 Å². The van der Waals surface area contributed by atoms with Gasteiger partial charge in [-0.1, -0.05) is 13.8 Å². The molecule has 0 heterocycles. The van der Waals surface area contributed by atoms with Crippen LogP contribution < -0.4 is 0 Å². The zero-order valence-electron chi connectivity index (χ0n) is 6.32. The normalized spacial score (nSPS) is 18.2. The van der Waals surface area contributed by atoms with E-state index in [0.717, 1.165) is 0 Å². The van der Waals surface area contributed by atoms with Crippen molar-refractivity contribution in [3.8, 4) is 0 Å². The Bertz CT molecular complexity index is 116. The Balaban J connectivity index is 3.92. The SMILES string of the molecule is CCC(C(C)CO)[P+](=O)O. The van der Waals surface area contributed by atoms with Crippen molar-refractivity contribution in [1.29, 1.82) is 0 Å². The first kappa shape index (κ1) is 10.0. The second-order valence-electron chi connectivity index (χ2n) is 2.44. The van der Waals surface area contributed by atoms with Crippen LogP contribution in [0.3, 0.4) is 0 Å². The molecular weight excluding hydrogens is 151 g/mol. The maximum absolute atomic E-state index is 10.6. The van der Waals surface area contributed by atoms with E-state index >= 15 is 0 Å². The predicted octanol–water partition coefficient (Wildman–Crippen LogP) is 1.13. The molecule has 2 N–H and O–H groups in total. The van der Waals surface area contributed by atoms with Crippen LogP contribution in [0.2, 0.25) is 0 Å². The van der Waals surface area contributed by atoms with E-state index in [4.69, 9.17) is 10.00 Å². The Morgan fingerprint density at radius 3 is 2.20 bits per heavy atom. The number of aliphatic hydroxyl groups is 1. The molecule has 0 saturated heterocycles. The molecule has 3 unspecified atom stereocenters. The molecule has 0 fully saturated rings. The smallest absolute Gasteiger partial charge is 0.396 e. The minimum atomic E-state index is -2.12. The van der Waals surface area contributed by atoms with E-state index in [1.165, 1.54) is 0 Å². The molecule has 0 bridgehead atoms. The zero-order chi connectivity index (χ0) is 8.15. The Morgan fingerprint density at radius 1 is 1.60 bits per heavy atom. The predicted molar refractivity (Wildman–Crippen MR) is 40.2 cm³/mol. The zero-order valence-corrected chi connectivity index (χ0v) is 7.21. The molecule has 0 saturated carbocycles. The third kappa shape index (κ3) is 2.74. The number of rotatable bonds is 4. The molecule has 0 spiro atoms. The van der Waals surface area contributed by atoms with Crippen LogP contribution in [0.15, 0.2) is 0 Å². The lowest BCUT2D eigenvalue weighted by Gasteiger charge is -2.07. The van der Waals surface area contributed by atoms with E-state index in [2.05, 4.69) is 0 Å². The summed E-state index contributed by atoms with van der Waals surface area (Å²) in [5.41, 5.74) is -0.250. The van der Waals surface area contributed by atoms with E-state index in [9.17, 15) is 4.57 Å². The minimum absolute atomic E-state index is 0.0137. The largest absolute Gasteiger partial charge is 0.509 e. The van der Waals surface area contributed by atoms with Gasteiger partial charge in [-0.05, 0) is 11.0 Å². The van der Waals surface area contributed by atoms with Gasteiger partial charge in [0.25, 0.3) is 0 Å². The third-order valence-electron chi connectivity index (χ3n) is 1.65. The molecule has 4 heteroatoms. The van der Waals surface area contributed by atoms with Crippen LogP contribution >= 0.6 is 8.03 Å².